The Balaban J connectivity index is 1.91. The molecule has 1 unspecified atom stereocenters. The second kappa shape index (κ2) is 3.40. The molecular weight excluding hydrogens is 186 g/mol. The van der Waals surface area contributed by atoms with Crippen molar-refractivity contribution in [2.75, 3.05) is 17.2 Å². The van der Waals surface area contributed by atoms with Crippen molar-refractivity contribution in [1.29, 1.82) is 0 Å². The summed E-state index contributed by atoms with van der Waals surface area (Å²) in [6.45, 7) is 3.19. The van der Waals surface area contributed by atoms with Crippen LogP contribution in [0.25, 0.3) is 0 Å². The normalized spacial score (nSPS) is 24.7. The summed E-state index contributed by atoms with van der Waals surface area (Å²) in [4.78, 5) is 4.43. The average Bonchev–Trinajstić information content (AvgIpc) is 3.04. The van der Waals surface area contributed by atoms with Crippen LogP contribution in [0.3, 0.4) is 0 Å². The molecule has 1 saturated carbocycles. The van der Waals surface area contributed by atoms with Crippen LogP contribution in [0.15, 0.2) is 12.3 Å². The molecular formula is C12H17N3. The van der Waals surface area contributed by atoms with Gasteiger partial charge in [0.05, 0.1) is 5.69 Å². The van der Waals surface area contributed by atoms with Crippen molar-refractivity contribution in [2.45, 2.75) is 32.2 Å². The Kier molecular flexibility index (Phi) is 2.04. The van der Waals surface area contributed by atoms with Gasteiger partial charge in [0.15, 0.2) is 0 Å². The number of pyridine rings is 1. The van der Waals surface area contributed by atoms with Crippen molar-refractivity contribution < 1.29 is 0 Å². The zero-order valence-corrected chi connectivity index (χ0v) is 9.09. The lowest BCUT2D eigenvalue weighted by atomic mass is 10.1. The molecule has 15 heavy (non-hydrogen) atoms. The van der Waals surface area contributed by atoms with Crippen LogP contribution >= 0.6 is 0 Å². The molecule has 0 amide bonds. The minimum Gasteiger partial charge on any atom is -0.382 e. The van der Waals surface area contributed by atoms with Crippen LogP contribution in [0.4, 0.5) is 11.5 Å². The third-order valence-corrected chi connectivity index (χ3v) is 3.43. The maximum Gasteiger partial charge on any atom is 0.149 e. The number of rotatable bonds is 1. The number of nitrogens with zero attached hydrogens (tertiary/aromatic N) is 1. The van der Waals surface area contributed by atoms with Crippen LogP contribution in [0.5, 0.6) is 0 Å². The van der Waals surface area contributed by atoms with Gasteiger partial charge in [-0.3, -0.25) is 0 Å². The molecule has 2 aliphatic rings. The summed E-state index contributed by atoms with van der Waals surface area (Å²) in [7, 11) is 0. The second-order valence-electron chi connectivity index (χ2n) is 4.66. The Morgan fingerprint density at radius 3 is 3.00 bits per heavy atom. The molecule has 1 atom stereocenters. The molecule has 0 spiro atoms. The lowest BCUT2D eigenvalue weighted by molar-refractivity contribution is 0.607. The summed E-state index contributed by atoms with van der Waals surface area (Å²) in [5, 5.41) is 7.07. The summed E-state index contributed by atoms with van der Waals surface area (Å²) >= 11 is 0. The number of aromatic nitrogens is 1. The van der Waals surface area contributed by atoms with Crippen molar-refractivity contribution in [2.24, 2.45) is 5.92 Å². The van der Waals surface area contributed by atoms with Gasteiger partial charge < -0.3 is 10.6 Å². The molecule has 2 heterocycles. The molecule has 1 aliphatic carbocycles. The van der Waals surface area contributed by atoms with Gasteiger partial charge in [-0.05, 0) is 43.7 Å². The first-order valence-electron chi connectivity index (χ1n) is 5.80. The summed E-state index contributed by atoms with van der Waals surface area (Å²) < 4.78 is 0. The van der Waals surface area contributed by atoms with Gasteiger partial charge in [0.2, 0.25) is 0 Å². The number of hydrogen-bond acceptors (Lipinski definition) is 3. The molecule has 1 aromatic rings. The Labute approximate surface area is 90.3 Å². The third-order valence-electron chi connectivity index (χ3n) is 3.43. The molecule has 1 aliphatic heterocycles. The van der Waals surface area contributed by atoms with E-state index in [1.165, 1.54) is 30.5 Å². The Morgan fingerprint density at radius 1 is 1.33 bits per heavy atom. The van der Waals surface area contributed by atoms with Gasteiger partial charge in [-0.15, -0.1) is 0 Å². The van der Waals surface area contributed by atoms with Gasteiger partial charge in [0.25, 0.3) is 0 Å². The van der Waals surface area contributed by atoms with Crippen LogP contribution in [0, 0.1) is 12.8 Å². The fourth-order valence-corrected chi connectivity index (χ4v) is 2.34. The highest BCUT2D eigenvalue weighted by atomic mass is 15.1. The third kappa shape index (κ3) is 1.66. The van der Waals surface area contributed by atoms with Crippen molar-refractivity contribution in [3.05, 3.63) is 17.8 Å². The van der Waals surface area contributed by atoms with Gasteiger partial charge in [0.1, 0.15) is 5.82 Å². The lowest BCUT2D eigenvalue weighted by Gasteiger charge is -2.15. The summed E-state index contributed by atoms with van der Waals surface area (Å²) in [5.41, 5.74) is 2.48. The summed E-state index contributed by atoms with van der Waals surface area (Å²) in [6.07, 6.45) is 5.87. The maximum absolute atomic E-state index is 4.43. The monoisotopic (exact) mass is 203 g/mol. The van der Waals surface area contributed by atoms with E-state index in [0.29, 0.717) is 6.04 Å². The van der Waals surface area contributed by atoms with Gasteiger partial charge >= 0.3 is 0 Å². The van der Waals surface area contributed by atoms with Gasteiger partial charge in [-0.2, -0.15) is 0 Å². The summed E-state index contributed by atoms with van der Waals surface area (Å²) in [6, 6.07) is 2.69. The fraction of sp³-hybridized carbons (Fsp3) is 0.583. The molecule has 80 valence electrons. The van der Waals surface area contributed by atoms with E-state index in [0.717, 1.165) is 18.3 Å². The minimum atomic E-state index is 0.632. The van der Waals surface area contributed by atoms with Gasteiger partial charge in [-0.1, -0.05) is 0 Å². The van der Waals surface area contributed by atoms with Crippen molar-refractivity contribution in [1.82, 2.24) is 4.98 Å². The molecule has 0 bridgehead atoms. The van der Waals surface area contributed by atoms with Crippen LogP contribution in [0.2, 0.25) is 0 Å². The number of hydrogen-bond donors (Lipinski definition) is 2. The lowest BCUT2D eigenvalue weighted by Crippen LogP contribution is -2.22. The Morgan fingerprint density at radius 2 is 2.20 bits per heavy atom. The van der Waals surface area contributed by atoms with E-state index in [2.05, 4.69) is 28.6 Å². The van der Waals surface area contributed by atoms with Crippen LogP contribution in [-0.4, -0.2) is 17.6 Å². The molecule has 1 fully saturated rings. The van der Waals surface area contributed by atoms with E-state index < -0.39 is 0 Å². The van der Waals surface area contributed by atoms with Gasteiger partial charge in [-0.25, -0.2) is 4.98 Å². The van der Waals surface area contributed by atoms with E-state index in [9.17, 15) is 0 Å². The molecule has 1 aromatic heterocycles. The SMILES string of the molecule is Cc1ccnc2c1NCCC(C1CC1)N2. The van der Waals surface area contributed by atoms with Crippen molar-refractivity contribution >= 4 is 11.5 Å². The average molecular weight is 203 g/mol. The van der Waals surface area contributed by atoms with Gasteiger partial charge in [0, 0.05) is 18.8 Å². The summed E-state index contributed by atoms with van der Waals surface area (Å²) in [5.74, 6) is 1.93. The first-order chi connectivity index (χ1) is 7.34. The van der Waals surface area contributed by atoms with E-state index in [4.69, 9.17) is 0 Å². The first-order valence-corrected chi connectivity index (χ1v) is 5.80. The number of aryl methyl sites for hydroxylation is 1. The van der Waals surface area contributed by atoms with E-state index in [-0.39, 0.29) is 0 Å². The highest BCUT2D eigenvalue weighted by Crippen LogP contribution is 2.38. The van der Waals surface area contributed by atoms with Crippen LogP contribution in [-0.2, 0) is 0 Å². The Hall–Kier alpha value is -1.25. The minimum absolute atomic E-state index is 0.632. The first kappa shape index (κ1) is 9.01. The number of fused-ring (bicyclic) bond motifs is 1. The quantitative estimate of drug-likeness (QED) is 0.736. The van der Waals surface area contributed by atoms with Crippen molar-refractivity contribution in [3.63, 3.8) is 0 Å². The second-order valence-corrected chi connectivity index (χ2v) is 4.66. The molecule has 0 saturated heterocycles. The van der Waals surface area contributed by atoms with E-state index >= 15 is 0 Å². The molecule has 0 radical (unpaired) electrons. The van der Waals surface area contributed by atoms with E-state index in [1.54, 1.807) is 0 Å². The smallest absolute Gasteiger partial charge is 0.149 e. The molecule has 0 aromatic carbocycles. The van der Waals surface area contributed by atoms with Crippen LogP contribution in [0.1, 0.15) is 24.8 Å². The Bertz CT molecular complexity index is 371. The molecule has 2 N–H and O–H groups in total. The number of anilines is 2. The molecule has 3 rings (SSSR count). The predicted octanol–water partition coefficient (Wildman–Crippen LogP) is 2.40. The highest BCUT2D eigenvalue weighted by Gasteiger charge is 2.32. The zero-order valence-electron chi connectivity index (χ0n) is 9.09. The van der Waals surface area contributed by atoms with E-state index in [1.807, 2.05) is 6.20 Å². The largest absolute Gasteiger partial charge is 0.382 e. The zero-order chi connectivity index (χ0) is 10.3. The maximum atomic E-state index is 4.43. The van der Waals surface area contributed by atoms with Crippen molar-refractivity contribution in [3.8, 4) is 0 Å². The topological polar surface area (TPSA) is 37.0 Å². The van der Waals surface area contributed by atoms with Crippen LogP contribution < -0.4 is 10.6 Å². The predicted molar refractivity (Wildman–Crippen MR) is 62.2 cm³/mol. The highest BCUT2D eigenvalue weighted by molar-refractivity contribution is 5.69. The fourth-order valence-electron chi connectivity index (χ4n) is 2.34. The number of nitrogens with one attached hydrogen (secondary N) is 2. The molecule has 3 nitrogen and oxygen atoms in total. The molecule has 3 heteroatoms. The standard InChI is InChI=1S/C12H17N3/c1-8-4-6-14-12-11(8)13-7-5-10(15-12)9-2-3-9/h4,6,9-10,13H,2-3,5,7H2,1H3,(H,14,15).